The minimum Gasteiger partial charge on any atom is -0.289 e. The van der Waals surface area contributed by atoms with E-state index in [0.717, 1.165) is 32.8 Å². The van der Waals surface area contributed by atoms with Gasteiger partial charge in [-0.05, 0) is 34.9 Å². The van der Waals surface area contributed by atoms with Crippen molar-refractivity contribution in [3.05, 3.63) is 81.8 Å². The van der Waals surface area contributed by atoms with Crippen molar-refractivity contribution in [3.63, 3.8) is 0 Å². The Hall–Kier alpha value is -1.93. The molecule has 0 heterocycles. The highest BCUT2D eigenvalue weighted by atomic mass is 79.9. The van der Waals surface area contributed by atoms with Crippen LogP contribution < -0.4 is 0 Å². The molecular weight excluding hydrogens is 324 g/mol. The summed E-state index contributed by atoms with van der Waals surface area (Å²) in [5.41, 5.74) is 2.73. The van der Waals surface area contributed by atoms with Crippen molar-refractivity contribution in [2.75, 3.05) is 0 Å². The van der Waals surface area contributed by atoms with E-state index in [2.05, 4.69) is 22.9 Å². The van der Waals surface area contributed by atoms with E-state index in [9.17, 15) is 4.79 Å². The summed E-state index contributed by atoms with van der Waals surface area (Å²) >= 11 is 3.54. The van der Waals surface area contributed by atoms with Gasteiger partial charge in [0.05, 0.1) is 0 Å². The molecule has 0 aliphatic carbocycles. The lowest BCUT2D eigenvalue weighted by atomic mass is 9.96. The number of rotatable bonds is 3. The molecule has 0 aliphatic heterocycles. The molecule has 3 aromatic carbocycles. The quantitative estimate of drug-likeness (QED) is 0.584. The van der Waals surface area contributed by atoms with Gasteiger partial charge < -0.3 is 0 Å². The fraction of sp³-hybridized carbons (Fsp3) is 0.105. The van der Waals surface area contributed by atoms with Gasteiger partial charge in [-0.2, -0.15) is 0 Å². The summed E-state index contributed by atoms with van der Waals surface area (Å²) < 4.78 is 1.01. The first-order valence-corrected chi connectivity index (χ1v) is 7.81. The van der Waals surface area contributed by atoms with E-state index in [1.807, 2.05) is 60.7 Å². The number of fused-ring (bicyclic) bond motifs is 1. The van der Waals surface area contributed by atoms with Gasteiger partial charge in [0.25, 0.3) is 0 Å². The molecule has 0 radical (unpaired) electrons. The van der Waals surface area contributed by atoms with Crippen LogP contribution in [0.5, 0.6) is 0 Å². The van der Waals surface area contributed by atoms with E-state index in [4.69, 9.17) is 0 Å². The van der Waals surface area contributed by atoms with Crippen molar-refractivity contribution in [1.29, 1.82) is 0 Å². The van der Waals surface area contributed by atoms with Gasteiger partial charge in [0.1, 0.15) is 0 Å². The highest BCUT2D eigenvalue weighted by Crippen LogP contribution is 2.28. The molecule has 0 atom stereocenters. The third-order valence-corrected chi connectivity index (χ3v) is 4.43. The lowest BCUT2D eigenvalue weighted by Gasteiger charge is -2.08. The van der Waals surface area contributed by atoms with Gasteiger partial charge in [-0.3, -0.25) is 4.79 Å². The Morgan fingerprint density at radius 1 is 0.905 bits per heavy atom. The van der Waals surface area contributed by atoms with Crippen LogP contribution in [0.4, 0.5) is 0 Å². The highest BCUT2D eigenvalue weighted by molar-refractivity contribution is 9.10. The van der Waals surface area contributed by atoms with Crippen LogP contribution in [-0.2, 0) is 6.42 Å². The van der Waals surface area contributed by atoms with E-state index in [1.54, 1.807) is 0 Å². The molecule has 0 N–H and O–H groups in total. The molecule has 1 nitrogen and oxygen atoms in total. The zero-order valence-electron chi connectivity index (χ0n) is 11.8. The van der Waals surface area contributed by atoms with Crippen molar-refractivity contribution in [1.82, 2.24) is 0 Å². The number of hydrogen-bond donors (Lipinski definition) is 0. The molecule has 21 heavy (non-hydrogen) atoms. The maximum absolute atomic E-state index is 12.8. The molecule has 0 aliphatic rings. The van der Waals surface area contributed by atoms with Crippen LogP contribution in [0.3, 0.4) is 0 Å². The van der Waals surface area contributed by atoms with E-state index in [0.29, 0.717) is 0 Å². The second-order valence-corrected chi connectivity index (χ2v) is 5.87. The number of hydrogen-bond acceptors (Lipinski definition) is 1. The molecular formula is C19H15BrO. The predicted octanol–water partition coefficient (Wildman–Crippen LogP) is 5.40. The number of aryl methyl sites for hydroxylation is 1. The topological polar surface area (TPSA) is 17.1 Å². The molecule has 0 aromatic heterocycles. The SMILES string of the molecule is CCc1ccc(C(=O)c2ccc(Br)c3ccccc23)cc1. The Bertz CT molecular complexity index is 803. The summed E-state index contributed by atoms with van der Waals surface area (Å²) in [5.74, 6) is 0.0707. The molecule has 0 spiro atoms. The smallest absolute Gasteiger partial charge is 0.193 e. The molecule has 3 rings (SSSR count). The van der Waals surface area contributed by atoms with Gasteiger partial charge in [0.2, 0.25) is 0 Å². The Morgan fingerprint density at radius 2 is 1.57 bits per heavy atom. The minimum absolute atomic E-state index is 0.0707. The lowest BCUT2D eigenvalue weighted by Crippen LogP contribution is -2.02. The van der Waals surface area contributed by atoms with Crippen LogP contribution in [0.15, 0.2) is 65.1 Å². The third-order valence-electron chi connectivity index (χ3n) is 3.74. The first-order chi connectivity index (χ1) is 10.2. The summed E-state index contributed by atoms with van der Waals surface area (Å²) in [6.07, 6.45) is 0.982. The highest BCUT2D eigenvalue weighted by Gasteiger charge is 2.13. The van der Waals surface area contributed by atoms with E-state index >= 15 is 0 Å². The van der Waals surface area contributed by atoms with Gasteiger partial charge in [0.15, 0.2) is 5.78 Å². The number of carbonyl (C=O) groups is 1. The Kier molecular flexibility index (Phi) is 3.89. The van der Waals surface area contributed by atoms with E-state index in [-0.39, 0.29) is 5.78 Å². The molecule has 0 bridgehead atoms. The molecule has 0 fully saturated rings. The predicted molar refractivity (Wildman–Crippen MR) is 90.9 cm³/mol. The average Bonchev–Trinajstić information content (AvgIpc) is 2.55. The summed E-state index contributed by atoms with van der Waals surface area (Å²) in [4.78, 5) is 12.8. The normalized spacial score (nSPS) is 10.8. The Labute approximate surface area is 132 Å². The fourth-order valence-electron chi connectivity index (χ4n) is 2.51. The fourth-order valence-corrected chi connectivity index (χ4v) is 2.99. The van der Waals surface area contributed by atoms with Gasteiger partial charge >= 0.3 is 0 Å². The largest absolute Gasteiger partial charge is 0.289 e. The third kappa shape index (κ3) is 2.64. The minimum atomic E-state index is 0.0707. The van der Waals surface area contributed by atoms with Crippen LogP contribution in [0, 0.1) is 0 Å². The summed E-state index contributed by atoms with van der Waals surface area (Å²) in [7, 11) is 0. The van der Waals surface area contributed by atoms with Gasteiger partial charge in [-0.25, -0.2) is 0 Å². The van der Waals surface area contributed by atoms with Crippen molar-refractivity contribution in [3.8, 4) is 0 Å². The first-order valence-electron chi connectivity index (χ1n) is 7.01. The Morgan fingerprint density at radius 3 is 2.24 bits per heavy atom. The van der Waals surface area contributed by atoms with Crippen LogP contribution >= 0.6 is 15.9 Å². The zero-order valence-corrected chi connectivity index (χ0v) is 13.4. The summed E-state index contributed by atoms with van der Waals surface area (Å²) in [6, 6.07) is 19.7. The molecule has 0 saturated heterocycles. The van der Waals surface area contributed by atoms with Crippen LogP contribution in [-0.4, -0.2) is 5.78 Å². The van der Waals surface area contributed by atoms with E-state index in [1.165, 1.54) is 5.56 Å². The number of ketones is 1. The van der Waals surface area contributed by atoms with Crippen molar-refractivity contribution < 1.29 is 4.79 Å². The van der Waals surface area contributed by atoms with Crippen LogP contribution in [0.25, 0.3) is 10.8 Å². The monoisotopic (exact) mass is 338 g/mol. The molecule has 0 amide bonds. The molecule has 0 saturated carbocycles. The van der Waals surface area contributed by atoms with Crippen molar-refractivity contribution >= 4 is 32.5 Å². The maximum Gasteiger partial charge on any atom is 0.193 e. The van der Waals surface area contributed by atoms with Crippen LogP contribution in [0.1, 0.15) is 28.4 Å². The second-order valence-electron chi connectivity index (χ2n) is 5.02. The lowest BCUT2D eigenvalue weighted by molar-refractivity contribution is 0.104. The molecule has 104 valence electrons. The standard InChI is InChI=1S/C19H15BrO/c1-2-13-7-9-14(10-8-13)19(21)17-11-12-18(20)16-6-4-3-5-15(16)17/h3-12H,2H2,1H3. The zero-order chi connectivity index (χ0) is 14.8. The molecule has 0 unspecified atom stereocenters. The maximum atomic E-state index is 12.8. The average molecular weight is 339 g/mol. The molecule has 2 heteroatoms. The first kappa shape index (κ1) is 14.0. The summed E-state index contributed by atoms with van der Waals surface area (Å²) in [6.45, 7) is 2.11. The van der Waals surface area contributed by atoms with Gasteiger partial charge in [-0.15, -0.1) is 0 Å². The van der Waals surface area contributed by atoms with Crippen molar-refractivity contribution in [2.24, 2.45) is 0 Å². The van der Waals surface area contributed by atoms with Crippen molar-refractivity contribution in [2.45, 2.75) is 13.3 Å². The Balaban J connectivity index is 2.11. The van der Waals surface area contributed by atoms with E-state index < -0.39 is 0 Å². The van der Waals surface area contributed by atoms with Gasteiger partial charge in [-0.1, -0.05) is 71.4 Å². The second kappa shape index (κ2) is 5.82. The number of benzene rings is 3. The van der Waals surface area contributed by atoms with Gasteiger partial charge in [0, 0.05) is 15.6 Å². The number of halogens is 1. The molecule has 3 aromatic rings. The number of carbonyl (C=O) groups excluding carboxylic acids is 1. The van der Waals surface area contributed by atoms with Crippen LogP contribution in [0.2, 0.25) is 0 Å². The summed E-state index contributed by atoms with van der Waals surface area (Å²) in [5, 5.41) is 2.05.